The summed E-state index contributed by atoms with van der Waals surface area (Å²) in [5, 5.41) is 1.55. The van der Waals surface area contributed by atoms with Gasteiger partial charge in [0.1, 0.15) is 17.2 Å². The molecule has 2 aliphatic heterocycles. The van der Waals surface area contributed by atoms with E-state index in [4.69, 9.17) is 10.5 Å². The molecule has 0 aliphatic carbocycles. The summed E-state index contributed by atoms with van der Waals surface area (Å²) in [6.45, 7) is 0.127. The molecule has 0 saturated carbocycles. The summed E-state index contributed by atoms with van der Waals surface area (Å²) in [5.41, 5.74) is 5.00. The minimum Gasteiger partial charge on any atom is -0.442 e. The van der Waals surface area contributed by atoms with E-state index in [1.165, 1.54) is 6.20 Å². The van der Waals surface area contributed by atoms with E-state index in [0.717, 1.165) is 17.0 Å². The summed E-state index contributed by atoms with van der Waals surface area (Å²) in [6, 6.07) is 2.14. The van der Waals surface area contributed by atoms with Gasteiger partial charge >= 0.3 is 6.09 Å². The highest BCUT2D eigenvalue weighted by molar-refractivity contribution is 7.64. The molecule has 1 aromatic rings. The van der Waals surface area contributed by atoms with E-state index in [0.29, 0.717) is 30.8 Å². The molecule has 2 heterocycles. The highest BCUT2D eigenvalue weighted by Crippen LogP contribution is 2.51. The van der Waals surface area contributed by atoms with Crippen molar-refractivity contribution < 1.29 is 47.5 Å². The van der Waals surface area contributed by atoms with Gasteiger partial charge in [0, 0.05) is 50.1 Å². The Balaban J connectivity index is 1.65. The Hall–Kier alpha value is -2.67. The number of nitrogens with zero attached hydrogens (tertiary/aromatic N) is 3. The predicted octanol–water partition coefficient (Wildman–Crippen LogP) is 0.572. The molecule has 1 unspecified atom stereocenters. The molecule has 7 N–H and O–H groups in total. The smallest absolute Gasteiger partial charge is 0.414 e. The summed E-state index contributed by atoms with van der Waals surface area (Å²) < 4.78 is 35.2. The largest absolute Gasteiger partial charge is 0.442 e. The number of hydrogen-bond donors (Lipinski definition) is 6. The molecule has 13 nitrogen and oxygen atoms in total. The molecular weight excluding hydrogens is 550 g/mol. The number of benzene rings is 1. The third kappa shape index (κ3) is 7.25. The minimum atomic E-state index is -2.86. The second-order valence-corrected chi connectivity index (χ2v) is 11.6. The van der Waals surface area contributed by atoms with Gasteiger partial charge in [-0.3, -0.25) is 19.4 Å². The maximum atomic E-state index is 15.0. The second-order valence-electron chi connectivity index (χ2n) is 8.64. The van der Waals surface area contributed by atoms with Crippen LogP contribution in [-0.2, 0) is 14.3 Å². The van der Waals surface area contributed by atoms with Crippen molar-refractivity contribution in [3.63, 3.8) is 0 Å². The summed E-state index contributed by atoms with van der Waals surface area (Å²) in [4.78, 5) is 76.4. The number of nitrogens with two attached hydrogens (primary N) is 1. The topological polar surface area (TPSA) is 189 Å². The van der Waals surface area contributed by atoms with E-state index in [1.54, 1.807) is 11.1 Å². The Labute approximate surface area is 219 Å². The number of cyclic esters (lactones) is 1. The lowest BCUT2D eigenvalue weighted by atomic mass is 10.0. The fourth-order valence-corrected chi connectivity index (χ4v) is 5.63. The molecule has 3 amide bonds. The number of piperidine rings is 1. The van der Waals surface area contributed by atoms with Gasteiger partial charge in [-0.15, -0.1) is 0 Å². The Morgan fingerprint density at radius 3 is 2.34 bits per heavy atom. The van der Waals surface area contributed by atoms with Crippen LogP contribution in [0.3, 0.4) is 0 Å². The molecule has 0 bridgehead atoms. The van der Waals surface area contributed by atoms with Gasteiger partial charge in [0.05, 0.1) is 18.8 Å². The number of nitrogens with one attached hydrogen (secondary N) is 1. The molecule has 0 spiro atoms. The lowest BCUT2D eigenvalue weighted by Gasteiger charge is -2.34. The van der Waals surface area contributed by atoms with E-state index < -0.39 is 64.9 Å². The van der Waals surface area contributed by atoms with Crippen LogP contribution in [0.2, 0.25) is 0 Å². The maximum absolute atomic E-state index is 15.0. The van der Waals surface area contributed by atoms with Crippen LogP contribution in [0.1, 0.15) is 19.3 Å². The number of carbonyl (C=O) groups excluding carboxylic acids is 3. The van der Waals surface area contributed by atoms with Crippen LogP contribution in [-0.4, -0.2) is 86.6 Å². The van der Waals surface area contributed by atoms with Crippen molar-refractivity contribution in [3.8, 4) is 0 Å². The van der Waals surface area contributed by atoms with Crippen LogP contribution in [0.25, 0.3) is 0 Å². The van der Waals surface area contributed by atoms with Crippen molar-refractivity contribution in [1.29, 1.82) is 0 Å². The summed E-state index contributed by atoms with van der Waals surface area (Å²) >= 11 is 0. The van der Waals surface area contributed by atoms with Gasteiger partial charge in [0.2, 0.25) is 12.3 Å². The average molecular weight is 579 g/mol. The molecule has 1 aromatic carbocycles. The SMILES string of the molecule is N/C=C\NC1CCN(c2c(F)cc(N3CC(CN(C=O)C(=O)CC(P(O)O)P(O)O)OC3=O)cc2F)CC1. The molecule has 2 fully saturated rings. The molecule has 1 atom stereocenters. The van der Waals surface area contributed by atoms with Crippen LogP contribution < -0.4 is 20.9 Å². The Bertz CT molecular complexity index is 1010. The number of hydrogen-bond acceptors (Lipinski definition) is 11. The fraction of sp³-hybridized carbons (Fsp3) is 0.476. The van der Waals surface area contributed by atoms with E-state index in [2.05, 4.69) is 5.32 Å². The molecule has 2 aliphatic rings. The number of rotatable bonds is 11. The summed E-state index contributed by atoms with van der Waals surface area (Å²) in [7, 11) is -5.72. The molecule has 2 saturated heterocycles. The maximum Gasteiger partial charge on any atom is 0.414 e. The molecule has 3 rings (SSSR count). The van der Waals surface area contributed by atoms with Crippen molar-refractivity contribution in [2.75, 3.05) is 36.0 Å². The normalized spacial score (nSPS) is 18.7. The van der Waals surface area contributed by atoms with Gasteiger partial charge in [-0.2, -0.15) is 0 Å². The molecule has 0 radical (unpaired) electrons. The first kappa shape index (κ1) is 29.9. The quantitative estimate of drug-likeness (QED) is 0.159. The number of ether oxygens (including phenoxy) is 1. The van der Waals surface area contributed by atoms with Crippen molar-refractivity contribution in [2.45, 2.75) is 36.8 Å². The second kappa shape index (κ2) is 13.4. The number of anilines is 2. The summed E-state index contributed by atoms with van der Waals surface area (Å²) in [5.74, 6) is -2.69. The zero-order chi connectivity index (χ0) is 28.0. The van der Waals surface area contributed by atoms with Crippen molar-refractivity contribution >= 4 is 46.5 Å². The highest BCUT2D eigenvalue weighted by atomic mass is 31.2. The first-order chi connectivity index (χ1) is 18.0. The van der Waals surface area contributed by atoms with Crippen molar-refractivity contribution in [1.82, 2.24) is 10.2 Å². The minimum absolute atomic E-state index is 0.109. The van der Waals surface area contributed by atoms with E-state index in [1.807, 2.05) is 0 Å². The van der Waals surface area contributed by atoms with Crippen LogP contribution >= 0.6 is 16.8 Å². The average Bonchev–Trinajstić information content (AvgIpc) is 3.24. The van der Waals surface area contributed by atoms with E-state index in [9.17, 15) is 34.0 Å². The van der Waals surface area contributed by atoms with E-state index >= 15 is 8.78 Å². The monoisotopic (exact) mass is 579 g/mol. The predicted molar refractivity (Wildman–Crippen MR) is 135 cm³/mol. The number of halogens is 2. The van der Waals surface area contributed by atoms with Crippen LogP contribution in [0.15, 0.2) is 24.5 Å². The Morgan fingerprint density at radius 1 is 1.21 bits per heavy atom. The fourth-order valence-electron chi connectivity index (χ4n) is 4.25. The van der Waals surface area contributed by atoms with Gasteiger partial charge in [0.15, 0.2) is 28.4 Å². The first-order valence-corrected chi connectivity index (χ1v) is 14.1. The molecule has 210 valence electrons. The van der Waals surface area contributed by atoms with Crippen LogP contribution in [0, 0.1) is 11.6 Å². The lowest BCUT2D eigenvalue weighted by molar-refractivity contribution is -0.139. The number of amides is 3. The zero-order valence-electron chi connectivity index (χ0n) is 20.1. The van der Waals surface area contributed by atoms with Crippen LogP contribution in [0.5, 0.6) is 0 Å². The highest BCUT2D eigenvalue weighted by Gasteiger charge is 2.37. The lowest BCUT2D eigenvalue weighted by Crippen LogP contribution is -2.41. The van der Waals surface area contributed by atoms with Crippen LogP contribution in [0.4, 0.5) is 25.0 Å². The number of carbonyl (C=O) groups is 3. The first-order valence-electron chi connectivity index (χ1n) is 11.5. The van der Waals surface area contributed by atoms with Gasteiger partial charge in [-0.05, 0) is 12.8 Å². The Kier molecular flexibility index (Phi) is 10.5. The number of imide groups is 1. The summed E-state index contributed by atoms with van der Waals surface area (Å²) in [6.07, 6.45) is 1.64. The van der Waals surface area contributed by atoms with Crippen molar-refractivity contribution in [2.24, 2.45) is 5.73 Å². The van der Waals surface area contributed by atoms with Gasteiger partial charge in [0.25, 0.3) is 0 Å². The molecule has 38 heavy (non-hydrogen) atoms. The molecular formula is C21H29F2N5O8P2. The third-order valence-electron chi connectivity index (χ3n) is 6.17. The van der Waals surface area contributed by atoms with Gasteiger partial charge in [-0.25, -0.2) is 13.6 Å². The standard InChI is InChI=1S/C21H29F2N5O8P2/c22-16-7-14(8-17(23)20(16)26-5-1-13(2-6-26)25-4-3-24)28-11-15(36-21(28)31)10-27(12-29)18(30)9-19(37(32)33)38(34)35/h3-4,7-8,12-13,15,19,25,32-35H,1-2,5-6,9-11,24H2/b4-3-. The molecule has 0 aromatic heterocycles. The molecule has 17 heteroatoms. The zero-order valence-corrected chi connectivity index (χ0v) is 21.8. The Morgan fingerprint density at radius 2 is 1.82 bits per heavy atom. The van der Waals surface area contributed by atoms with E-state index in [-0.39, 0.29) is 30.4 Å². The van der Waals surface area contributed by atoms with Gasteiger partial charge in [-0.1, -0.05) is 0 Å². The van der Waals surface area contributed by atoms with Crippen molar-refractivity contribution in [3.05, 3.63) is 36.2 Å². The van der Waals surface area contributed by atoms with Gasteiger partial charge < -0.3 is 40.3 Å². The third-order valence-corrected chi connectivity index (χ3v) is 8.84.